The predicted octanol–water partition coefficient (Wildman–Crippen LogP) is 5.90. The summed E-state index contributed by atoms with van der Waals surface area (Å²) >= 11 is 6.22. The number of carbonyl (C=O) groups is 2. The summed E-state index contributed by atoms with van der Waals surface area (Å²) in [5.74, 6) is 0.0688. The first-order valence-corrected chi connectivity index (χ1v) is 12.2. The van der Waals surface area contributed by atoms with Crippen molar-refractivity contribution >= 4 is 41.4 Å². The summed E-state index contributed by atoms with van der Waals surface area (Å²) in [7, 11) is 3.89. The molecule has 0 aliphatic heterocycles. The molecule has 0 saturated carbocycles. The van der Waals surface area contributed by atoms with Gasteiger partial charge in [-0.15, -0.1) is 0 Å². The lowest BCUT2D eigenvalue weighted by molar-refractivity contribution is -0.117. The molecule has 0 atom stereocenters. The number of furan rings is 1. The molecule has 1 heterocycles. The number of amides is 2. The number of aryl methyl sites for hydroxylation is 1. The fraction of sp³-hybridized carbons (Fsp3) is 0.100. The summed E-state index contributed by atoms with van der Waals surface area (Å²) in [6.07, 6.45) is 2.98. The van der Waals surface area contributed by atoms with Crippen molar-refractivity contribution in [1.82, 2.24) is 10.7 Å². The maximum Gasteiger partial charge on any atom is 0.287 e. The zero-order valence-corrected chi connectivity index (χ0v) is 22.0. The summed E-state index contributed by atoms with van der Waals surface area (Å²) in [5.41, 5.74) is 6.49. The number of rotatable bonds is 8. The predicted molar refractivity (Wildman–Crippen MR) is 152 cm³/mol. The molecule has 0 saturated heterocycles. The van der Waals surface area contributed by atoms with Crippen molar-refractivity contribution in [3.05, 3.63) is 118 Å². The third-order valence-corrected chi connectivity index (χ3v) is 6.10. The van der Waals surface area contributed by atoms with Gasteiger partial charge in [-0.2, -0.15) is 5.10 Å². The van der Waals surface area contributed by atoms with E-state index in [9.17, 15) is 9.59 Å². The fourth-order valence-corrected chi connectivity index (χ4v) is 3.70. The van der Waals surface area contributed by atoms with E-state index in [0.29, 0.717) is 22.1 Å². The topological polar surface area (TPSA) is 86.9 Å². The second-order valence-corrected chi connectivity index (χ2v) is 9.14. The third kappa shape index (κ3) is 6.78. The van der Waals surface area contributed by atoms with Crippen LogP contribution in [0.25, 0.3) is 17.4 Å². The second kappa shape index (κ2) is 12.1. The van der Waals surface area contributed by atoms with Crippen molar-refractivity contribution < 1.29 is 14.0 Å². The molecular formula is C30H27ClN4O3. The van der Waals surface area contributed by atoms with E-state index in [1.807, 2.05) is 74.4 Å². The molecule has 1 aromatic heterocycles. The van der Waals surface area contributed by atoms with E-state index in [-0.39, 0.29) is 5.70 Å². The van der Waals surface area contributed by atoms with E-state index in [4.69, 9.17) is 16.0 Å². The summed E-state index contributed by atoms with van der Waals surface area (Å²) < 4.78 is 5.81. The molecule has 2 N–H and O–H groups in total. The van der Waals surface area contributed by atoms with Gasteiger partial charge in [-0.3, -0.25) is 9.59 Å². The lowest BCUT2D eigenvalue weighted by atomic mass is 10.1. The van der Waals surface area contributed by atoms with Crippen LogP contribution in [0.2, 0.25) is 5.02 Å². The smallest absolute Gasteiger partial charge is 0.287 e. The quantitative estimate of drug-likeness (QED) is 0.170. The monoisotopic (exact) mass is 526 g/mol. The zero-order chi connectivity index (χ0) is 27.1. The van der Waals surface area contributed by atoms with Gasteiger partial charge in [-0.25, -0.2) is 5.43 Å². The van der Waals surface area contributed by atoms with Gasteiger partial charge in [0.2, 0.25) is 0 Å². The van der Waals surface area contributed by atoms with Crippen molar-refractivity contribution in [1.29, 1.82) is 0 Å². The second-order valence-electron chi connectivity index (χ2n) is 8.73. The number of hydrazone groups is 1. The average Bonchev–Trinajstić information content (AvgIpc) is 3.39. The molecule has 3 aromatic carbocycles. The van der Waals surface area contributed by atoms with E-state index < -0.39 is 11.8 Å². The van der Waals surface area contributed by atoms with Crippen LogP contribution < -0.4 is 15.6 Å². The number of nitrogens with zero attached hydrogens (tertiary/aromatic N) is 2. The van der Waals surface area contributed by atoms with E-state index in [2.05, 4.69) is 15.8 Å². The van der Waals surface area contributed by atoms with Crippen LogP contribution in [0.3, 0.4) is 0 Å². The van der Waals surface area contributed by atoms with Crippen LogP contribution >= 0.6 is 11.6 Å². The van der Waals surface area contributed by atoms with Crippen LogP contribution in [0.1, 0.15) is 27.2 Å². The molecule has 4 aromatic rings. The fourth-order valence-electron chi connectivity index (χ4n) is 3.52. The maximum absolute atomic E-state index is 13.0. The van der Waals surface area contributed by atoms with Crippen molar-refractivity contribution in [2.75, 3.05) is 19.0 Å². The molecule has 38 heavy (non-hydrogen) atoms. The molecule has 4 rings (SSSR count). The summed E-state index contributed by atoms with van der Waals surface area (Å²) in [4.78, 5) is 27.8. The Morgan fingerprint density at radius 2 is 1.68 bits per heavy atom. The Kier molecular flexibility index (Phi) is 8.40. The summed E-state index contributed by atoms with van der Waals surface area (Å²) in [5, 5.41) is 7.36. The third-order valence-electron chi connectivity index (χ3n) is 5.69. The minimum Gasteiger partial charge on any atom is -0.455 e. The van der Waals surface area contributed by atoms with E-state index >= 15 is 0 Å². The Bertz CT molecular complexity index is 1490. The molecule has 192 valence electrons. The minimum atomic E-state index is -0.584. The largest absolute Gasteiger partial charge is 0.455 e. The summed E-state index contributed by atoms with van der Waals surface area (Å²) in [6.45, 7) is 1.93. The van der Waals surface area contributed by atoms with Gasteiger partial charge in [0, 0.05) is 35.9 Å². The Morgan fingerprint density at radius 1 is 0.947 bits per heavy atom. The van der Waals surface area contributed by atoms with Crippen LogP contribution in [0, 0.1) is 6.92 Å². The minimum absolute atomic E-state index is 0.0445. The number of nitrogens with one attached hydrogen (secondary N) is 2. The van der Waals surface area contributed by atoms with E-state index in [1.54, 1.807) is 42.5 Å². The molecule has 2 amide bonds. The molecule has 7 nitrogen and oxygen atoms in total. The highest BCUT2D eigenvalue weighted by Gasteiger charge is 2.14. The van der Waals surface area contributed by atoms with Gasteiger partial charge in [0.25, 0.3) is 11.8 Å². The van der Waals surface area contributed by atoms with Gasteiger partial charge in [0.05, 0.1) is 6.21 Å². The van der Waals surface area contributed by atoms with Gasteiger partial charge in [0.1, 0.15) is 17.2 Å². The highest BCUT2D eigenvalue weighted by molar-refractivity contribution is 6.31. The first-order chi connectivity index (χ1) is 18.3. The van der Waals surface area contributed by atoms with E-state index in [0.717, 1.165) is 22.4 Å². The van der Waals surface area contributed by atoms with Gasteiger partial charge >= 0.3 is 0 Å². The van der Waals surface area contributed by atoms with Crippen molar-refractivity contribution in [2.45, 2.75) is 6.92 Å². The normalized spacial score (nSPS) is 11.4. The summed E-state index contributed by atoms with van der Waals surface area (Å²) in [6, 6.07) is 25.4. The van der Waals surface area contributed by atoms with E-state index in [1.165, 1.54) is 6.21 Å². The van der Waals surface area contributed by atoms with Gasteiger partial charge in [-0.1, -0.05) is 54.1 Å². The molecular weight excluding hydrogens is 500 g/mol. The van der Waals surface area contributed by atoms with Crippen molar-refractivity contribution in [3.8, 4) is 11.3 Å². The number of halogens is 1. The number of hydrogen-bond acceptors (Lipinski definition) is 5. The molecule has 0 radical (unpaired) electrons. The Balaban J connectivity index is 1.50. The highest BCUT2D eigenvalue weighted by Crippen LogP contribution is 2.26. The van der Waals surface area contributed by atoms with Crippen LogP contribution in [0.4, 0.5) is 5.69 Å². The van der Waals surface area contributed by atoms with Gasteiger partial charge in [0.15, 0.2) is 0 Å². The van der Waals surface area contributed by atoms with Gasteiger partial charge < -0.3 is 14.6 Å². The standard InChI is InChI=1S/C30H27ClN4O3/c1-20-9-12-23(18-26(20)31)28-16-15-25(38-28)19-32-34-30(37)27(33-29(36)22-7-5-4-6-8-22)17-21-10-13-24(14-11-21)35(2)3/h4-19H,1-3H3,(H,33,36)(H,34,37)/b27-17-,32-19-. The molecule has 0 aliphatic carbocycles. The number of carbonyl (C=O) groups excluding carboxylic acids is 2. The van der Waals surface area contributed by atoms with Crippen LogP contribution in [-0.4, -0.2) is 32.1 Å². The molecule has 0 fully saturated rings. The number of hydrogen-bond donors (Lipinski definition) is 2. The Hall–Kier alpha value is -4.62. The van der Waals surface area contributed by atoms with Crippen molar-refractivity contribution in [3.63, 3.8) is 0 Å². The van der Waals surface area contributed by atoms with Crippen LogP contribution in [0.5, 0.6) is 0 Å². The number of anilines is 1. The molecule has 0 spiro atoms. The average molecular weight is 527 g/mol. The zero-order valence-electron chi connectivity index (χ0n) is 21.2. The van der Waals surface area contributed by atoms with Crippen molar-refractivity contribution in [2.24, 2.45) is 5.10 Å². The Labute approximate surface area is 226 Å². The molecule has 8 heteroatoms. The number of benzene rings is 3. The van der Waals surface area contributed by atoms with Crippen LogP contribution in [0.15, 0.2) is 100 Å². The highest BCUT2D eigenvalue weighted by atomic mass is 35.5. The molecule has 0 unspecified atom stereocenters. The first-order valence-electron chi connectivity index (χ1n) is 11.9. The Morgan fingerprint density at radius 3 is 2.37 bits per heavy atom. The first kappa shape index (κ1) is 26.4. The molecule has 0 bridgehead atoms. The SMILES string of the molecule is Cc1ccc(-c2ccc(/C=N\NC(=O)/C(=C/c3ccc(N(C)C)cc3)NC(=O)c3ccccc3)o2)cc1Cl. The molecule has 0 aliphatic rings. The lowest BCUT2D eigenvalue weighted by Gasteiger charge is -2.12. The lowest BCUT2D eigenvalue weighted by Crippen LogP contribution is -2.32. The maximum atomic E-state index is 13.0. The van der Waals surface area contributed by atoms with Crippen LogP contribution in [-0.2, 0) is 4.79 Å². The van der Waals surface area contributed by atoms with Gasteiger partial charge in [-0.05, 0) is 66.6 Å².